The van der Waals surface area contributed by atoms with Crippen LogP contribution in [0.3, 0.4) is 0 Å². The lowest BCUT2D eigenvalue weighted by molar-refractivity contribution is 0.0985. The summed E-state index contributed by atoms with van der Waals surface area (Å²) in [7, 11) is 0. The van der Waals surface area contributed by atoms with Crippen molar-refractivity contribution in [2.75, 3.05) is 18.5 Å². The van der Waals surface area contributed by atoms with E-state index in [0.29, 0.717) is 23.7 Å². The first-order valence-electron chi connectivity index (χ1n) is 7.08. The monoisotopic (exact) mass is 286 g/mol. The van der Waals surface area contributed by atoms with Gasteiger partial charge in [0.15, 0.2) is 11.5 Å². The maximum absolute atomic E-state index is 12.6. The molecule has 0 spiro atoms. The van der Waals surface area contributed by atoms with Crippen LogP contribution in [0.2, 0.25) is 0 Å². The number of para-hydroxylation sites is 1. The highest BCUT2D eigenvalue weighted by Gasteiger charge is 2.21. The van der Waals surface area contributed by atoms with E-state index in [1.54, 1.807) is 10.7 Å². The molecular weight excluding hydrogens is 268 g/mol. The molecule has 1 N–H and O–H groups in total. The fourth-order valence-corrected chi connectivity index (χ4v) is 2.46. The fourth-order valence-electron chi connectivity index (χ4n) is 2.46. The third-order valence-electron chi connectivity index (χ3n) is 3.43. The van der Waals surface area contributed by atoms with E-state index >= 15 is 0 Å². The topological polar surface area (TPSA) is 69.0 Å². The largest absolute Gasteiger partial charge is 0.489 e. The van der Waals surface area contributed by atoms with E-state index in [4.69, 9.17) is 4.74 Å². The molecule has 0 unspecified atom stereocenters. The van der Waals surface area contributed by atoms with E-state index in [2.05, 4.69) is 15.4 Å². The second kappa shape index (κ2) is 5.55. The van der Waals surface area contributed by atoms with Gasteiger partial charge in [0.2, 0.25) is 0 Å². The van der Waals surface area contributed by atoms with Gasteiger partial charge >= 0.3 is 0 Å². The summed E-state index contributed by atoms with van der Waals surface area (Å²) >= 11 is 0. The van der Waals surface area contributed by atoms with Crippen molar-refractivity contribution in [2.24, 2.45) is 0 Å². The number of benzene rings is 1. The number of fused-ring (bicyclic) bond motifs is 1. The molecule has 0 atom stereocenters. The molecule has 6 heteroatoms. The molecule has 0 saturated heterocycles. The minimum Gasteiger partial charge on any atom is -0.489 e. The van der Waals surface area contributed by atoms with Crippen molar-refractivity contribution >= 4 is 11.5 Å². The lowest BCUT2D eigenvalue weighted by Crippen LogP contribution is -2.21. The summed E-state index contributed by atoms with van der Waals surface area (Å²) in [5, 5.41) is 7.40. The van der Waals surface area contributed by atoms with Crippen molar-refractivity contribution < 1.29 is 9.53 Å². The van der Waals surface area contributed by atoms with Crippen LogP contribution in [0.5, 0.6) is 5.75 Å². The SMILES string of the molecule is CC(C)n1ncnc1CC(=O)c1cccc2c1OCCN2. The van der Waals surface area contributed by atoms with Crippen LogP contribution in [0, 0.1) is 0 Å². The number of anilines is 1. The Bertz CT molecular complexity index is 663. The number of nitrogens with one attached hydrogen (secondary N) is 1. The van der Waals surface area contributed by atoms with Crippen molar-refractivity contribution in [3.8, 4) is 5.75 Å². The van der Waals surface area contributed by atoms with Gasteiger partial charge in [-0.05, 0) is 26.0 Å². The summed E-state index contributed by atoms with van der Waals surface area (Å²) in [4.78, 5) is 16.8. The Morgan fingerprint density at radius 3 is 3.14 bits per heavy atom. The van der Waals surface area contributed by atoms with Gasteiger partial charge < -0.3 is 10.1 Å². The second-order valence-electron chi connectivity index (χ2n) is 5.27. The first kappa shape index (κ1) is 13.6. The minimum absolute atomic E-state index is 0.00884. The lowest BCUT2D eigenvalue weighted by atomic mass is 10.0. The average Bonchev–Trinajstić information content (AvgIpc) is 2.95. The average molecular weight is 286 g/mol. The van der Waals surface area contributed by atoms with E-state index in [1.807, 2.05) is 26.0 Å². The van der Waals surface area contributed by atoms with E-state index in [1.165, 1.54) is 6.33 Å². The maximum atomic E-state index is 12.6. The smallest absolute Gasteiger partial charge is 0.174 e. The van der Waals surface area contributed by atoms with E-state index in [9.17, 15) is 4.79 Å². The van der Waals surface area contributed by atoms with Crippen LogP contribution in [0.25, 0.3) is 0 Å². The summed E-state index contributed by atoms with van der Waals surface area (Å²) in [6.07, 6.45) is 1.71. The van der Waals surface area contributed by atoms with Gasteiger partial charge in [0.05, 0.1) is 17.7 Å². The molecule has 1 aromatic carbocycles. The van der Waals surface area contributed by atoms with Crippen molar-refractivity contribution in [2.45, 2.75) is 26.3 Å². The number of nitrogens with zero attached hydrogens (tertiary/aromatic N) is 3. The Hall–Kier alpha value is -2.37. The van der Waals surface area contributed by atoms with Crippen LogP contribution in [-0.4, -0.2) is 33.7 Å². The number of ether oxygens (including phenoxy) is 1. The summed E-state index contributed by atoms with van der Waals surface area (Å²) < 4.78 is 7.42. The molecular formula is C15H18N4O2. The van der Waals surface area contributed by atoms with Gasteiger partial charge in [-0.25, -0.2) is 9.67 Å². The number of ketones is 1. The zero-order valence-corrected chi connectivity index (χ0v) is 12.2. The number of hydrogen-bond donors (Lipinski definition) is 1. The zero-order valence-electron chi connectivity index (χ0n) is 12.2. The predicted octanol–water partition coefficient (Wildman–Crippen LogP) is 2.09. The molecule has 0 saturated carbocycles. The van der Waals surface area contributed by atoms with Gasteiger partial charge in [0.1, 0.15) is 18.8 Å². The Morgan fingerprint density at radius 1 is 1.48 bits per heavy atom. The molecule has 1 aliphatic rings. The molecule has 0 bridgehead atoms. The number of carbonyl (C=O) groups excluding carboxylic acids is 1. The molecule has 0 amide bonds. The Kier molecular flexibility index (Phi) is 3.60. The highest BCUT2D eigenvalue weighted by Crippen LogP contribution is 2.31. The van der Waals surface area contributed by atoms with Gasteiger partial charge in [-0.3, -0.25) is 4.79 Å². The molecule has 21 heavy (non-hydrogen) atoms. The number of hydrogen-bond acceptors (Lipinski definition) is 5. The standard InChI is InChI=1S/C15H18N4O2/c1-10(2)19-14(17-9-18-19)8-13(20)11-4-3-5-12-15(11)21-7-6-16-12/h3-5,9-10,16H,6-8H2,1-2H3. The first-order valence-corrected chi connectivity index (χ1v) is 7.08. The third kappa shape index (κ3) is 2.61. The van der Waals surface area contributed by atoms with E-state index in [0.717, 1.165) is 12.2 Å². The number of Topliss-reactive ketones (excluding diaryl/α,β-unsaturated/α-hetero) is 1. The Labute approximate surface area is 123 Å². The van der Waals surface area contributed by atoms with Crippen molar-refractivity contribution in [3.63, 3.8) is 0 Å². The third-order valence-corrected chi connectivity index (χ3v) is 3.43. The number of aromatic nitrogens is 3. The maximum Gasteiger partial charge on any atom is 0.174 e. The molecule has 3 rings (SSSR count). The normalized spacial score (nSPS) is 13.5. The zero-order chi connectivity index (χ0) is 14.8. The van der Waals surface area contributed by atoms with Crippen LogP contribution in [0.1, 0.15) is 36.1 Å². The Morgan fingerprint density at radius 2 is 2.33 bits per heavy atom. The summed E-state index contributed by atoms with van der Waals surface area (Å²) in [6, 6.07) is 5.76. The van der Waals surface area contributed by atoms with Crippen LogP contribution in [0.15, 0.2) is 24.5 Å². The molecule has 2 aromatic rings. The van der Waals surface area contributed by atoms with Crippen LogP contribution >= 0.6 is 0 Å². The second-order valence-corrected chi connectivity index (χ2v) is 5.27. The molecule has 0 aliphatic carbocycles. The van der Waals surface area contributed by atoms with Crippen LogP contribution < -0.4 is 10.1 Å². The minimum atomic E-state index is -0.00884. The summed E-state index contributed by atoms with van der Waals surface area (Å²) in [5.74, 6) is 1.31. The molecule has 0 fully saturated rings. The summed E-state index contributed by atoms with van der Waals surface area (Å²) in [5.41, 5.74) is 1.47. The molecule has 1 aromatic heterocycles. The highest BCUT2D eigenvalue weighted by atomic mass is 16.5. The van der Waals surface area contributed by atoms with Crippen molar-refractivity contribution in [1.82, 2.24) is 14.8 Å². The van der Waals surface area contributed by atoms with Gasteiger partial charge in [-0.1, -0.05) is 6.07 Å². The predicted molar refractivity (Wildman–Crippen MR) is 78.9 cm³/mol. The fraction of sp³-hybridized carbons (Fsp3) is 0.400. The Balaban J connectivity index is 1.88. The quantitative estimate of drug-likeness (QED) is 0.872. The van der Waals surface area contributed by atoms with E-state index in [-0.39, 0.29) is 18.2 Å². The van der Waals surface area contributed by atoms with E-state index < -0.39 is 0 Å². The summed E-state index contributed by atoms with van der Waals surface area (Å²) in [6.45, 7) is 5.35. The number of carbonyl (C=O) groups is 1. The highest BCUT2D eigenvalue weighted by molar-refractivity contribution is 6.01. The lowest BCUT2D eigenvalue weighted by Gasteiger charge is -2.21. The van der Waals surface area contributed by atoms with Gasteiger partial charge in [0.25, 0.3) is 0 Å². The molecule has 0 radical (unpaired) electrons. The van der Waals surface area contributed by atoms with Crippen LogP contribution in [0.4, 0.5) is 5.69 Å². The first-order chi connectivity index (χ1) is 10.2. The molecule has 1 aliphatic heterocycles. The van der Waals surface area contributed by atoms with Crippen LogP contribution in [-0.2, 0) is 6.42 Å². The van der Waals surface area contributed by atoms with Gasteiger partial charge in [-0.2, -0.15) is 5.10 Å². The van der Waals surface area contributed by atoms with Gasteiger partial charge in [-0.15, -0.1) is 0 Å². The van der Waals surface area contributed by atoms with Gasteiger partial charge in [0, 0.05) is 12.6 Å². The number of rotatable bonds is 4. The molecule has 2 heterocycles. The molecule has 110 valence electrons. The van der Waals surface area contributed by atoms with Crippen molar-refractivity contribution in [1.29, 1.82) is 0 Å². The van der Waals surface area contributed by atoms with Crippen molar-refractivity contribution in [3.05, 3.63) is 35.9 Å². The molecule has 6 nitrogen and oxygen atoms in total.